The highest BCUT2D eigenvalue weighted by Crippen LogP contribution is 2.40. The summed E-state index contributed by atoms with van der Waals surface area (Å²) in [6, 6.07) is 12.9. The van der Waals surface area contributed by atoms with Crippen molar-refractivity contribution in [3.8, 4) is 0 Å². The molecule has 0 amide bonds. The Morgan fingerprint density at radius 1 is 0.952 bits per heavy atom. The summed E-state index contributed by atoms with van der Waals surface area (Å²) in [4.78, 5) is 13.0. The average Bonchev–Trinajstić information content (AvgIpc) is 2.47. The second-order valence-corrected chi connectivity index (χ2v) is 8.43. The van der Waals surface area contributed by atoms with Crippen molar-refractivity contribution in [2.45, 2.75) is 19.3 Å². The third-order valence-electron chi connectivity index (χ3n) is 4.84. The summed E-state index contributed by atoms with van der Waals surface area (Å²) in [5, 5.41) is 0. The van der Waals surface area contributed by atoms with Crippen molar-refractivity contribution in [1.82, 2.24) is 0 Å². The van der Waals surface area contributed by atoms with Crippen LogP contribution in [0.4, 0.5) is 0 Å². The van der Waals surface area contributed by atoms with Gasteiger partial charge < -0.3 is 0 Å². The topological polar surface area (TPSA) is 17.1 Å². The number of hydrogen-bond donors (Lipinski definition) is 0. The number of benzene rings is 2. The maximum Gasteiger partial charge on any atom is 0.166 e. The molecule has 0 saturated carbocycles. The lowest BCUT2D eigenvalue weighted by Gasteiger charge is -2.37. The lowest BCUT2D eigenvalue weighted by Crippen LogP contribution is -2.37. The molecule has 0 spiro atoms. The van der Waals surface area contributed by atoms with Crippen LogP contribution >= 0.6 is 45.2 Å². The monoisotopic (exact) mass is 500 g/mol. The normalized spacial score (nSPS) is 23.2. The Labute approximate surface area is 151 Å². The van der Waals surface area contributed by atoms with E-state index in [1.807, 2.05) is 0 Å². The molecule has 4 rings (SSSR count). The number of carbonyl (C=O) groups is 1. The molecule has 2 aromatic carbocycles. The van der Waals surface area contributed by atoms with Gasteiger partial charge in [-0.2, -0.15) is 0 Å². The molecule has 0 N–H and O–H groups in total. The third-order valence-corrected chi connectivity index (χ3v) is 6.42. The maximum absolute atomic E-state index is 13.0. The maximum atomic E-state index is 13.0. The van der Waals surface area contributed by atoms with Crippen molar-refractivity contribution in [3.05, 3.63) is 65.8 Å². The van der Waals surface area contributed by atoms with Crippen LogP contribution in [-0.4, -0.2) is 5.78 Å². The zero-order valence-electron chi connectivity index (χ0n) is 11.4. The van der Waals surface area contributed by atoms with Gasteiger partial charge in [-0.05, 0) is 99.2 Å². The average molecular weight is 500 g/mol. The second-order valence-electron chi connectivity index (χ2n) is 6.03. The van der Waals surface area contributed by atoms with Gasteiger partial charge in [-0.1, -0.05) is 24.3 Å². The number of rotatable bonds is 0. The van der Waals surface area contributed by atoms with Crippen molar-refractivity contribution in [1.29, 1.82) is 0 Å². The van der Waals surface area contributed by atoms with Crippen LogP contribution in [0.15, 0.2) is 36.4 Å². The second kappa shape index (κ2) is 5.33. The van der Waals surface area contributed by atoms with Crippen LogP contribution < -0.4 is 0 Å². The van der Waals surface area contributed by atoms with Crippen molar-refractivity contribution < 1.29 is 4.79 Å². The fraction of sp³-hybridized carbons (Fsp3) is 0.278. The summed E-state index contributed by atoms with van der Waals surface area (Å²) in [7, 11) is 0. The van der Waals surface area contributed by atoms with Crippen LogP contribution in [0.1, 0.15) is 27.0 Å². The summed E-state index contributed by atoms with van der Waals surface area (Å²) in [6.45, 7) is 0. The molecule has 0 aliphatic heterocycles. The van der Waals surface area contributed by atoms with Crippen molar-refractivity contribution in [2.75, 3.05) is 0 Å². The molecule has 2 atom stereocenters. The van der Waals surface area contributed by atoms with Gasteiger partial charge in [0.1, 0.15) is 0 Å². The van der Waals surface area contributed by atoms with Crippen LogP contribution in [-0.2, 0) is 19.3 Å². The Kier molecular flexibility index (Phi) is 3.60. The molecule has 3 heteroatoms. The van der Waals surface area contributed by atoms with E-state index in [9.17, 15) is 4.79 Å². The van der Waals surface area contributed by atoms with E-state index >= 15 is 0 Å². The molecule has 2 unspecified atom stereocenters. The lowest BCUT2D eigenvalue weighted by molar-refractivity contribution is 0.0841. The van der Waals surface area contributed by atoms with Gasteiger partial charge in [0.15, 0.2) is 5.78 Å². The molecule has 0 radical (unpaired) electrons. The Morgan fingerprint density at radius 2 is 1.67 bits per heavy atom. The highest BCUT2D eigenvalue weighted by atomic mass is 127. The molecule has 0 bridgehead atoms. The van der Waals surface area contributed by atoms with Crippen LogP contribution in [0.2, 0.25) is 0 Å². The first kappa shape index (κ1) is 14.2. The first-order valence-corrected chi connectivity index (χ1v) is 9.38. The number of fused-ring (bicyclic) bond motifs is 3. The van der Waals surface area contributed by atoms with E-state index in [0.29, 0.717) is 11.7 Å². The molecule has 1 nitrogen and oxygen atoms in total. The lowest BCUT2D eigenvalue weighted by atomic mass is 9.66. The van der Waals surface area contributed by atoms with Gasteiger partial charge >= 0.3 is 0 Å². The molecular formula is C18H14I2O. The number of carbonyl (C=O) groups excluding carboxylic acids is 1. The van der Waals surface area contributed by atoms with Crippen molar-refractivity contribution >= 4 is 51.0 Å². The van der Waals surface area contributed by atoms with E-state index in [2.05, 4.69) is 81.6 Å². The standard InChI is InChI=1S/C18H14I2O/c19-13-8-16-15(17(20)9-13)7-12-5-10-3-1-2-4-11(10)6-14(12)18(16)21/h1-4,8-9,12,14H,5-7H2. The Morgan fingerprint density at radius 3 is 2.43 bits per heavy atom. The Balaban J connectivity index is 1.80. The van der Waals surface area contributed by atoms with Crippen LogP contribution in [0.25, 0.3) is 0 Å². The molecule has 2 aliphatic carbocycles. The van der Waals surface area contributed by atoms with Gasteiger partial charge in [0, 0.05) is 18.6 Å². The zero-order chi connectivity index (χ0) is 14.6. The van der Waals surface area contributed by atoms with E-state index in [1.54, 1.807) is 0 Å². The zero-order valence-corrected chi connectivity index (χ0v) is 15.7. The molecule has 2 aliphatic rings. The predicted molar refractivity (Wildman–Crippen MR) is 101 cm³/mol. The van der Waals surface area contributed by atoms with Crippen LogP contribution in [0, 0.1) is 19.0 Å². The first-order chi connectivity index (χ1) is 10.1. The highest BCUT2D eigenvalue weighted by Gasteiger charge is 2.39. The first-order valence-electron chi connectivity index (χ1n) is 7.22. The van der Waals surface area contributed by atoms with E-state index in [-0.39, 0.29) is 5.92 Å². The van der Waals surface area contributed by atoms with Gasteiger partial charge in [-0.3, -0.25) is 4.79 Å². The summed E-state index contributed by atoms with van der Waals surface area (Å²) in [6.07, 6.45) is 3.02. The number of hydrogen-bond acceptors (Lipinski definition) is 1. The fourth-order valence-electron chi connectivity index (χ4n) is 3.80. The Hall–Kier alpha value is -0.430. The fourth-order valence-corrected chi connectivity index (χ4v) is 5.86. The summed E-state index contributed by atoms with van der Waals surface area (Å²) in [5.74, 6) is 1.03. The number of ketones is 1. The minimum absolute atomic E-state index is 0.182. The van der Waals surface area contributed by atoms with E-state index in [4.69, 9.17) is 0 Å². The van der Waals surface area contributed by atoms with Crippen molar-refractivity contribution in [3.63, 3.8) is 0 Å². The molecule has 0 aromatic heterocycles. The van der Waals surface area contributed by atoms with E-state index < -0.39 is 0 Å². The molecule has 0 saturated heterocycles. The van der Waals surface area contributed by atoms with Crippen LogP contribution in [0.5, 0.6) is 0 Å². The van der Waals surface area contributed by atoms with Crippen LogP contribution in [0.3, 0.4) is 0 Å². The number of halogens is 2. The molecular weight excluding hydrogens is 486 g/mol. The van der Waals surface area contributed by atoms with Gasteiger partial charge in [0.05, 0.1) is 0 Å². The van der Waals surface area contributed by atoms with Gasteiger partial charge in [-0.25, -0.2) is 0 Å². The summed E-state index contributed by atoms with van der Waals surface area (Å²) >= 11 is 4.70. The van der Waals surface area contributed by atoms with E-state index in [0.717, 1.165) is 24.8 Å². The minimum Gasteiger partial charge on any atom is -0.294 e. The predicted octanol–water partition coefficient (Wildman–Crippen LogP) is 4.67. The third kappa shape index (κ3) is 2.36. The quantitative estimate of drug-likeness (QED) is 0.481. The van der Waals surface area contributed by atoms with Gasteiger partial charge in [-0.15, -0.1) is 0 Å². The minimum atomic E-state index is 0.182. The molecule has 2 aromatic rings. The smallest absolute Gasteiger partial charge is 0.166 e. The largest absolute Gasteiger partial charge is 0.294 e. The molecule has 106 valence electrons. The molecule has 0 fully saturated rings. The van der Waals surface area contributed by atoms with Gasteiger partial charge in [0.2, 0.25) is 0 Å². The van der Waals surface area contributed by atoms with Gasteiger partial charge in [0.25, 0.3) is 0 Å². The number of Topliss-reactive ketones (excluding diaryl/α,β-unsaturated/α-hetero) is 1. The molecule has 21 heavy (non-hydrogen) atoms. The van der Waals surface area contributed by atoms with Crippen molar-refractivity contribution in [2.24, 2.45) is 11.8 Å². The summed E-state index contributed by atoms with van der Waals surface area (Å²) in [5.41, 5.74) is 5.07. The van der Waals surface area contributed by atoms with E-state index in [1.165, 1.54) is 23.8 Å². The highest BCUT2D eigenvalue weighted by molar-refractivity contribution is 14.1. The Bertz CT molecular complexity index is 751. The SMILES string of the molecule is O=C1c2cc(I)cc(I)c2CC2Cc3ccccc3CC12. The summed E-state index contributed by atoms with van der Waals surface area (Å²) < 4.78 is 2.42. The molecule has 0 heterocycles.